The highest BCUT2D eigenvalue weighted by molar-refractivity contribution is 7.87. The number of nitrogens with one attached hydrogen (secondary N) is 1. The minimum atomic E-state index is -3.38. The largest absolute Gasteiger partial charge is 0.378 e. The lowest BCUT2D eigenvalue weighted by Crippen LogP contribution is -2.36. The average molecular weight is 367 g/mol. The molecule has 1 N–H and O–H groups in total. The lowest BCUT2D eigenvalue weighted by molar-refractivity contribution is 0.506. The molecule has 1 aromatic carbocycles. The van der Waals surface area contributed by atoms with Gasteiger partial charge in [0.15, 0.2) is 0 Å². The maximum atomic E-state index is 11.9. The predicted octanol–water partition coefficient (Wildman–Crippen LogP) is 2.30. The summed E-state index contributed by atoms with van der Waals surface area (Å²) in [4.78, 5) is 2.09. The summed E-state index contributed by atoms with van der Waals surface area (Å²) in [6, 6.07) is 6.44. The van der Waals surface area contributed by atoms with Crippen molar-refractivity contribution in [2.45, 2.75) is 26.8 Å². The van der Waals surface area contributed by atoms with Crippen molar-refractivity contribution in [1.82, 2.24) is 13.6 Å². The first-order chi connectivity index (χ1) is 11.6. The predicted molar refractivity (Wildman–Crippen MR) is 105 cm³/mol. The Balaban J connectivity index is 2.30. The van der Waals surface area contributed by atoms with E-state index in [0.717, 1.165) is 12.2 Å². The molecule has 0 saturated carbocycles. The van der Waals surface area contributed by atoms with Gasteiger partial charge in [-0.15, -0.1) is 0 Å². The molecular formula is C18H30N4O2S. The number of hydrogen-bond donors (Lipinski definition) is 1. The molecule has 0 bridgehead atoms. The molecule has 1 heterocycles. The fourth-order valence-electron chi connectivity index (χ4n) is 2.82. The van der Waals surface area contributed by atoms with Gasteiger partial charge in [0.25, 0.3) is 10.2 Å². The van der Waals surface area contributed by atoms with Crippen LogP contribution in [0.25, 0.3) is 10.9 Å². The molecule has 0 radical (unpaired) electrons. The molecular weight excluding hydrogens is 336 g/mol. The molecule has 25 heavy (non-hydrogen) atoms. The minimum Gasteiger partial charge on any atom is -0.378 e. The van der Waals surface area contributed by atoms with E-state index in [-0.39, 0.29) is 0 Å². The van der Waals surface area contributed by atoms with E-state index in [9.17, 15) is 8.42 Å². The Morgan fingerprint density at radius 2 is 1.84 bits per heavy atom. The summed E-state index contributed by atoms with van der Waals surface area (Å²) < 4.78 is 29.8. The third-order valence-corrected chi connectivity index (χ3v) is 5.72. The topological polar surface area (TPSA) is 57.6 Å². The summed E-state index contributed by atoms with van der Waals surface area (Å²) in [6.45, 7) is 5.73. The molecule has 7 heteroatoms. The third-order valence-electron chi connectivity index (χ3n) is 4.19. The molecule has 0 amide bonds. The van der Waals surface area contributed by atoms with Crippen LogP contribution in [0.3, 0.4) is 0 Å². The first kappa shape index (κ1) is 19.8. The standard InChI is InChI=1S/C18H30N4O2S/c1-14(2)12-22-13-15(9-10-19-25(23,24)21(5)6)17-8-7-16(20(3)4)11-18(17)22/h7-8,11,13-14,19H,9-10,12H2,1-6H3. The Labute approximate surface area is 151 Å². The summed E-state index contributed by atoms with van der Waals surface area (Å²) in [5, 5.41) is 1.19. The van der Waals surface area contributed by atoms with Crippen LogP contribution in [0.1, 0.15) is 19.4 Å². The van der Waals surface area contributed by atoms with E-state index >= 15 is 0 Å². The van der Waals surface area contributed by atoms with E-state index in [0.29, 0.717) is 18.9 Å². The second-order valence-electron chi connectivity index (χ2n) is 7.23. The highest BCUT2D eigenvalue weighted by Crippen LogP contribution is 2.27. The van der Waals surface area contributed by atoms with Gasteiger partial charge in [0.1, 0.15) is 0 Å². The third kappa shape index (κ3) is 4.74. The van der Waals surface area contributed by atoms with Crippen molar-refractivity contribution < 1.29 is 8.42 Å². The van der Waals surface area contributed by atoms with Crippen molar-refractivity contribution in [3.8, 4) is 0 Å². The summed E-state index contributed by atoms with van der Waals surface area (Å²) in [5.41, 5.74) is 3.53. The first-order valence-corrected chi connectivity index (χ1v) is 10.0. The Bertz CT molecular complexity index is 823. The van der Waals surface area contributed by atoms with E-state index in [1.165, 1.54) is 34.9 Å². The van der Waals surface area contributed by atoms with Crippen molar-refractivity contribution in [2.75, 3.05) is 39.6 Å². The second-order valence-corrected chi connectivity index (χ2v) is 9.20. The van der Waals surface area contributed by atoms with Gasteiger partial charge in [-0.25, -0.2) is 4.72 Å². The van der Waals surface area contributed by atoms with Crippen LogP contribution < -0.4 is 9.62 Å². The van der Waals surface area contributed by atoms with E-state index in [2.05, 4.69) is 52.4 Å². The highest BCUT2D eigenvalue weighted by atomic mass is 32.2. The van der Waals surface area contributed by atoms with Crippen LogP contribution in [0, 0.1) is 5.92 Å². The Morgan fingerprint density at radius 3 is 2.40 bits per heavy atom. The number of fused-ring (bicyclic) bond motifs is 1. The number of aromatic nitrogens is 1. The molecule has 0 saturated heterocycles. The van der Waals surface area contributed by atoms with Gasteiger partial charge in [0.2, 0.25) is 0 Å². The molecule has 0 atom stereocenters. The van der Waals surface area contributed by atoms with Crippen LogP contribution >= 0.6 is 0 Å². The van der Waals surface area contributed by atoms with Gasteiger partial charge in [-0.1, -0.05) is 19.9 Å². The lowest BCUT2D eigenvalue weighted by Gasteiger charge is -2.14. The second kappa shape index (κ2) is 7.76. The average Bonchev–Trinajstić information content (AvgIpc) is 2.83. The monoisotopic (exact) mass is 366 g/mol. The fourth-order valence-corrected chi connectivity index (χ4v) is 3.44. The smallest absolute Gasteiger partial charge is 0.278 e. The zero-order valence-electron chi connectivity index (χ0n) is 16.1. The molecule has 6 nitrogen and oxygen atoms in total. The summed E-state index contributed by atoms with van der Waals surface area (Å²) in [5.74, 6) is 0.540. The molecule has 0 fully saturated rings. The zero-order valence-corrected chi connectivity index (χ0v) is 16.9. The lowest BCUT2D eigenvalue weighted by atomic mass is 10.1. The number of rotatable bonds is 8. The van der Waals surface area contributed by atoms with Crippen molar-refractivity contribution in [1.29, 1.82) is 0 Å². The molecule has 140 valence electrons. The van der Waals surface area contributed by atoms with Crippen molar-refractivity contribution in [3.05, 3.63) is 30.0 Å². The normalized spacial score (nSPS) is 12.5. The van der Waals surface area contributed by atoms with Crippen molar-refractivity contribution >= 4 is 26.8 Å². The molecule has 0 aliphatic heterocycles. The van der Waals surface area contributed by atoms with E-state index in [1.54, 1.807) is 0 Å². The summed E-state index contributed by atoms with van der Waals surface area (Å²) in [7, 11) is 3.74. The molecule has 0 aliphatic carbocycles. The van der Waals surface area contributed by atoms with Gasteiger partial charge in [-0.05, 0) is 30.0 Å². The Morgan fingerprint density at radius 1 is 1.16 bits per heavy atom. The van der Waals surface area contributed by atoms with Crippen LogP contribution in [0.5, 0.6) is 0 Å². The van der Waals surface area contributed by atoms with Crippen LogP contribution in [-0.2, 0) is 23.2 Å². The van der Waals surface area contributed by atoms with Crippen LogP contribution in [0.15, 0.2) is 24.4 Å². The number of hydrogen-bond acceptors (Lipinski definition) is 3. The number of benzene rings is 1. The van der Waals surface area contributed by atoms with Crippen molar-refractivity contribution in [3.63, 3.8) is 0 Å². The van der Waals surface area contributed by atoms with Crippen LogP contribution in [0.2, 0.25) is 0 Å². The van der Waals surface area contributed by atoms with Crippen molar-refractivity contribution in [2.24, 2.45) is 5.92 Å². The molecule has 0 spiro atoms. The van der Waals surface area contributed by atoms with Crippen LogP contribution in [0.4, 0.5) is 5.69 Å². The van der Waals surface area contributed by atoms with Gasteiger partial charge in [0.05, 0.1) is 5.52 Å². The SMILES string of the molecule is CC(C)Cn1cc(CCNS(=O)(=O)N(C)C)c2ccc(N(C)C)cc21. The maximum Gasteiger partial charge on any atom is 0.278 e. The molecule has 0 aliphatic rings. The van der Waals surface area contributed by atoms with Gasteiger partial charge in [-0.3, -0.25) is 0 Å². The number of anilines is 1. The Hall–Kier alpha value is -1.57. The molecule has 2 rings (SSSR count). The van der Waals surface area contributed by atoms with E-state index in [4.69, 9.17) is 0 Å². The first-order valence-electron chi connectivity index (χ1n) is 8.58. The van der Waals surface area contributed by atoms with Crippen LogP contribution in [-0.4, -0.2) is 52.0 Å². The quantitative estimate of drug-likeness (QED) is 0.780. The highest BCUT2D eigenvalue weighted by Gasteiger charge is 2.14. The van der Waals surface area contributed by atoms with Gasteiger partial charge in [-0.2, -0.15) is 12.7 Å². The van der Waals surface area contributed by atoms with E-state index in [1.807, 2.05) is 14.1 Å². The molecule has 2 aromatic rings. The number of nitrogens with zero attached hydrogens (tertiary/aromatic N) is 3. The maximum absolute atomic E-state index is 11.9. The Kier molecular flexibility index (Phi) is 6.13. The van der Waals surface area contributed by atoms with E-state index < -0.39 is 10.2 Å². The molecule has 0 unspecified atom stereocenters. The summed E-state index contributed by atoms with van der Waals surface area (Å²) >= 11 is 0. The van der Waals surface area contributed by atoms with Gasteiger partial charge < -0.3 is 9.47 Å². The molecule has 1 aromatic heterocycles. The van der Waals surface area contributed by atoms with Gasteiger partial charge in [0, 0.05) is 58.6 Å². The fraction of sp³-hybridized carbons (Fsp3) is 0.556. The zero-order chi connectivity index (χ0) is 18.8. The summed E-state index contributed by atoms with van der Waals surface area (Å²) in [6.07, 6.45) is 2.82. The minimum absolute atomic E-state index is 0.386. The van der Waals surface area contributed by atoms with Gasteiger partial charge >= 0.3 is 0 Å².